The van der Waals surface area contributed by atoms with Crippen LogP contribution in [0.3, 0.4) is 0 Å². The van der Waals surface area contributed by atoms with Crippen molar-refractivity contribution in [2.24, 2.45) is 0 Å². The highest BCUT2D eigenvalue weighted by Gasteiger charge is 2.26. The average molecular weight is 539 g/mol. The summed E-state index contributed by atoms with van der Waals surface area (Å²) in [5.41, 5.74) is 3.47. The van der Waals surface area contributed by atoms with Crippen molar-refractivity contribution in [3.63, 3.8) is 0 Å². The van der Waals surface area contributed by atoms with Gasteiger partial charge in [0, 0.05) is 36.6 Å². The van der Waals surface area contributed by atoms with Gasteiger partial charge in [-0.05, 0) is 66.8 Å². The number of para-hydroxylation sites is 1. The molecule has 4 heterocycles. The molecule has 0 unspecified atom stereocenters. The Bertz CT molecular complexity index is 1690. The van der Waals surface area contributed by atoms with E-state index < -0.39 is 11.7 Å². The number of methoxy groups -OCH3 is 1. The Morgan fingerprint density at radius 2 is 1.75 bits per heavy atom. The van der Waals surface area contributed by atoms with E-state index in [1.807, 2.05) is 58.0 Å². The minimum absolute atomic E-state index is 0.0470. The molecule has 0 saturated carbocycles. The summed E-state index contributed by atoms with van der Waals surface area (Å²) >= 11 is 0. The van der Waals surface area contributed by atoms with Crippen molar-refractivity contribution in [1.29, 1.82) is 0 Å². The molecule has 10 heteroatoms. The molecule has 202 valence electrons. The highest BCUT2D eigenvalue weighted by Crippen LogP contribution is 2.30. The number of fused-ring (bicyclic) bond motifs is 1. The van der Waals surface area contributed by atoms with Gasteiger partial charge in [0.15, 0.2) is 5.69 Å². The predicted octanol–water partition coefficient (Wildman–Crippen LogP) is 4.94. The molecule has 5 aromatic rings. The van der Waals surface area contributed by atoms with Gasteiger partial charge in [0.05, 0.1) is 13.4 Å². The first-order valence-electron chi connectivity index (χ1n) is 13.0. The van der Waals surface area contributed by atoms with Gasteiger partial charge >= 0.3 is 0 Å². The van der Waals surface area contributed by atoms with Gasteiger partial charge in [0.25, 0.3) is 11.8 Å². The van der Waals surface area contributed by atoms with Crippen molar-refractivity contribution in [2.45, 2.75) is 18.8 Å². The lowest BCUT2D eigenvalue weighted by molar-refractivity contribution is 0.0707. The van der Waals surface area contributed by atoms with E-state index in [1.54, 1.807) is 24.5 Å². The van der Waals surface area contributed by atoms with Crippen molar-refractivity contribution in [1.82, 2.24) is 24.1 Å². The smallest absolute Gasteiger partial charge is 0.276 e. The van der Waals surface area contributed by atoms with Crippen LogP contribution in [0.15, 0.2) is 85.3 Å². The molecule has 6 rings (SSSR count). The third-order valence-corrected chi connectivity index (χ3v) is 7.26. The summed E-state index contributed by atoms with van der Waals surface area (Å²) in [6, 6.07) is 21.0. The van der Waals surface area contributed by atoms with Gasteiger partial charge in [-0.15, -0.1) is 0 Å². The molecule has 2 amide bonds. The summed E-state index contributed by atoms with van der Waals surface area (Å²) in [6.45, 7) is 1.31. The number of nitrogens with one attached hydrogen (secondary N) is 1. The molecule has 1 N–H and O–H groups in total. The van der Waals surface area contributed by atoms with E-state index >= 15 is 0 Å². The fourth-order valence-corrected chi connectivity index (χ4v) is 5.08. The number of carbonyl (C=O) groups excluding carboxylic acids is 2. The van der Waals surface area contributed by atoms with Crippen LogP contribution in [0.5, 0.6) is 5.88 Å². The van der Waals surface area contributed by atoms with E-state index in [2.05, 4.69) is 15.4 Å². The lowest BCUT2D eigenvalue weighted by atomic mass is 9.89. The summed E-state index contributed by atoms with van der Waals surface area (Å²) < 4.78 is 22.7. The number of likely N-dealkylation sites (tertiary alicyclic amines) is 1. The zero-order valence-electron chi connectivity index (χ0n) is 21.8. The second-order valence-electron chi connectivity index (χ2n) is 9.69. The van der Waals surface area contributed by atoms with E-state index in [-0.39, 0.29) is 23.2 Å². The number of aromatic nitrogens is 4. The van der Waals surface area contributed by atoms with Crippen molar-refractivity contribution in [2.75, 3.05) is 25.5 Å². The van der Waals surface area contributed by atoms with Crippen molar-refractivity contribution in [3.05, 3.63) is 108 Å². The number of hydrogen-bond acceptors (Lipinski definition) is 5. The number of anilines is 1. The Labute approximate surface area is 229 Å². The zero-order valence-corrected chi connectivity index (χ0v) is 21.8. The quantitative estimate of drug-likeness (QED) is 0.331. The van der Waals surface area contributed by atoms with Crippen LogP contribution < -0.4 is 10.1 Å². The molecule has 40 heavy (non-hydrogen) atoms. The van der Waals surface area contributed by atoms with Gasteiger partial charge in [-0.1, -0.05) is 24.3 Å². The van der Waals surface area contributed by atoms with Crippen LogP contribution in [0, 0.1) is 5.82 Å². The molecular weight excluding hydrogens is 511 g/mol. The number of rotatable bonds is 6. The molecule has 1 aliphatic heterocycles. The molecule has 0 bridgehead atoms. The zero-order chi connectivity index (χ0) is 27.6. The molecule has 3 aromatic heterocycles. The molecule has 0 aliphatic carbocycles. The first-order chi connectivity index (χ1) is 19.5. The van der Waals surface area contributed by atoms with E-state index in [0.717, 1.165) is 23.9 Å². The molecule has 1 aliphatic rings. The SMILES string of the molecule is COc1cc(C(=O)Nc2ccc(C3CCN(C(=O)c4cc5cccn5cn4)CC3)cc2)nn1-c1ccccc1F. The third-order valence-electron chi connectivity index (χ3n) is 7.26. The Balaban J connectivity index is 1.08. The molecule has 1 saturated heterocycles. The van der Waals surface area contributed by atoms with Gasteiger partial charge in [-0.2, -0.15) is 9.78 Å². The third kappa shape index (κ3) is 4.91. The largest absolute Gasteiger partial charge is 0.481 e. The van der Waals surface area contributed by atoms with Crippen LogP contribution in [0.4, 0.5) is 10.1 Å². The average Bonchev–Trinajstić information content (AvgIpc) is 3.64. The Morgan fingerprint density at radius 1 is 0.975 bits per heavy atom. The fourth-order valence-electron chi connectivity index (χ4n) is 5.08. The maximum absolute atomic E-state index is 14.3. The lowest BCUT2D eigenvalue weighted by Gasteiger charge is -2.32. The maximum Gasteiger partial charge on any atom is 0.276 e. The number of benzene rings is 2. The van der Waals surface area contributed by atoms with Crippen LogP contribution in [-0.2, 0) is 0 Å². The van der Waals surface area contributed by atoms with Crippen LogP contribution in [0.2, 0.25) is 0 Å². The van der Waals surface area contributed by atoms with Crippen molar-refractivity contribution in [3.8, 4) is 11.6 Å². The summed E-state index contributed by atoms with van der Waals surface area (Å²) in [5.74, 6) is -0.391. The number of nitrogens with zero attached hydrogens (tertiary/aromatic N) is 5. The van der Waals surface area contributed by atoms with Crippen LogP contribution >= 0.6 is 0 Å². The van der Waals surface area contributed by atoms with E-state index in [0.29, 0.717) is 30.4 Å². The normalized spacial score (nSPS) is 13.9. The highest BCUT2D eigenvalue weighted by atomic mass is 19.1. The number of piperidine rings is 1. The topological polar surface area (TPSA) is 93.8 Å². The summed E-state index contributed by atoms with van der Waals surface area (Å²) in [6.07, 6.45) is 5.26. The van der Waals surface area contributed by atoms with Crippen LogP contribution in [0.25, 0.3) is 11.2 Å². The molecule has 0 radical (unpaired) electrons. The van der Waals surface area contributed by atoms with Gasteiger partial charge in [-0.3, -0.25) is 9.59 Å². The number of halogens is 1. The molecule has 0 atom stereocenters. The van der Waals surface area contributed by atoms with Crippen LogP contribution in [0.1, 0.15) is 45.3 Å². The second kappa shape index (κ2) is 10.6. The summed E-state index contributed by atoms with van der Waals surface area (Å²) in [5, 5.41) is 7.10. The second-order valence-corrected chi connectivity index (χ2v) is 9.69. The number of hydrogen-bond donors (Lipinski definition) is 1. The summed E-state index contributed by atoms with van der Waals surface area (Å²) in [4.78, 5) is 32.1. The number of carbonyl (C=O) groups is 2. The molecule has 1 fully saturated rings. The number of ether oxygens (including phenoxy) is 1. The van der Waals surface area contributed by atoms with Gasteiger partial charge in [-0.25, -0.2) is 9.37 Å². The van der Waals surface area contributed by atoms with Gasteiger partial charge in [0.2, 0.25) is 5.88 Å². The standard InChI is InChI=1S/C30H27FN6O3/c1-40-28-18-25(34-37(28)27-7-3-2-6-24(27)31)29(38)33-22-10-8-20(9-11-22)21-12-15-35(16-13-21)30(39)26-17-23-5-4-14-36(23)19-32-26/h2-11,14,17-19,21H,12-13,15-16H2,1H3,(H,33,38). The van der Waals surface area contributed by atoms with E-state index in [1.165, 1.54) is 23.9 Å². The first-order valence-corrected chi connectivity index (χ1v) is 13.0. The Hall–Kier alpha value is -4.99. The van der Waals surface area contributed by atoms with Crippen molar-refractivity contribution >= 4 is 23.0 Å². The minimum atomic E-state index is -0.475. The molecule has 9 nitrogen and oxygen atoms in total. The van der Waals surface area contributed by atoms with E-state index in [4.69, 9.17) is 4.74 Å². The van der Waals surface area contributed by atoms with Crippen molar-refractivity contribution < 1.29 is 18.7 Å². The Kier molecular flexibility index (Phi) is 6.73. The summed E-state index contributed by atoms with van der Waals surface area (Å²) in [7, 11) is 1.44. The minimum Gasteiger partial charge on any atom is -0.481 e. The molecule has 0 spiro atoms. The molecular formula is C30H27FN6O3. The Morgan fingerprint density at radius 3 is 2.50 bits per heavy atom. The van der Waals surface area contributed by atoms with E-state index in [9.17, 15) is 14.0 Å². The maximum atomic E-state index is 14.3. The first kappa shape index (κ1) is 25.3. The monoisotopic (exact) mass is 538 g/mol. The van der Waals surface area contributed by atoms with Gasteiger partial charge in [0.1, 0.15) is 17.2 Å². The highest BCUT2D eigenvalue weighted by molar-refractivity contribution is 6.03. The number of amides is 2. The van der Waals surface area contributed by atoms with Crippen LogP contribution in [-0.4, -0.2) is 56.1 Å². The predicted molar refractivity (Wildman–Crippen MR) is 148 cm³/mol. The fraction of sp³-hybridized carbons (Fsp3) is 0.200. The van der Waals surface area contributed by atoms with Gasteiger partial charge < -0.3 is 19.4 Å². The molecule has 2 aromatic carbocycles. The lowest BCUT2D eigenvalue weighted by Crippen LogP contribution is -2.38.